The summed E-state index contributed by atoms with van der Waals surface area (Å²) in [6, 6.07) is 12.3. The molecular weight excluding hydrogens is 446 g/mol. The molecule has 10 nitrogen and oxygen atoms in total. The second-order valence-electron chi connectivity index (χ2n) is 7.32. The predicted octanol–water partition coefficient (Wildman–Crippen LogP) is 2.82. The molecule has 1 atom stereocenters. The number of hydrogen-bond donors (Lipinski definition) is 3. The molecule has 0 fully saturated rings. The molecule has 0 bridgehead atoms. The van der Waals surface area contributed by atoms with E-state index in [1.165, 1.54) is 57.7 Å². The highest BCUT2D eigenvalue weighted by Crippen LogP contribution is 2.22. The lowest BCUT2D eigenvalue weighted by Gasteiger charge is -2.17. The van der Waals surface area contributed by atoms with Gasteiger partial charge in [0.25, 0.3) is 0 Å². The van der Waals surface area contributed by atoms with Gasteiger partial charge in [0.2, 0.25) is 27.7 Å². The number of rotatable bonds is 8. The average molecular weight is 470 g/mol. The fourth-order valence-corrected chi connectivity index (χ4v) is 3.86. The molecule has 0 radical (unpaired) electrons. The van der Waals surface area contributed by atoms with Crippen LogP contribution in [0.2, 0.25) is 0 Å². The van der Waals surface area contributed by atoms with Crippen LogP contribution in [0.1, 0.15) is 6.92 Å². The minimum Gasteiger partial charge on any atom is -0.445 e. The Morgan fingerprint density at radius 3 is 2.21 bits per heavy atom. The lowest BCUT2D eigenvalue weighted by Crippen LogP contribution is -2.38. The molecule has 1 heterocycles. The number of nitrogens with one attached hydrogen (secondary N) is 3. The predicted molar refractivity (Wildman–Crippen MR) is 123 cm³/mol. The van der Waals surface area contributed by atoms with Gasteiger partial charge in [-0.15, -0.1) is 0 Å². The van der Waals surface area contributed by atoms with Crippen molar-refractivity contribution in [3.05, 3.63) is 61.0 Å². The second kappa shape index (κ2) is 9.76. The standard InChI is InChI=1S/C22H23N5O5S/c1-14(23)19(20(28)25-16-7-9-18(10-8-16)33(30,31)27(2)3)21(29)26-17-6-4-5-15(13-17)22-24-11-12-32-22/h4-13,19,23H,1-3H3,(H,25,28)(H,26,29). The highest BCUT2D eigenvalue weighted by atomic mass is 32.2. The van der Waals surface area contributed by atoms with Crippen molar-refractivity contribution in [2.24, 2.45) is 5.92 Å². The zero-order valence-electron chi connectivity index (χ0n) is 18.2. The Kier molecular flexibility index (Phi) is 7.04. The van der Waals surface area contributed by atoms with Crippen LogP contribution < -0.4 is 10.6 Å². The van der Waals surface area contributed by atoms with Crippen LogP contribution in [0.3, 0.4) is 0 Å². The Morgan fingerprint density at radius 2 is 1.67 bits per heavy atom. The topological polar surface area (TPSA) is 145 Å². The molecule has 0 saturated heterocycles. The third kappa shape index (κ3) is 5.51. The summed E-state index contributed by atoms with van der Waals surface area (Å²) in [5, 5.41) is 13.1. The molecule has 1 unspecified atom stereocenters. The number of oxazole rings is 1. The number of hydrogen-bond acceptors (Lipinski definition) is 7. The minimum absolute atomic E-state index is 0.0638. The maximum absolute atomic E-state index is 12.8. The Balaban J connectivity index is 1.73. The first-order valence-electron chi connectivity index (χ1n) is 9.79. The van der Waals surface area contributed by atoms with Gasteiger partial charge in [-0.1, -0.05) is 6.07 Å². The smallest absolute Gasteiger partial charge is 0.242 e. The van der Waals surface area contributed by atoms with Gasteiger partial charge in [0.1, 0.15) is 6.26 Å². The quantitative estimate of drug-likeness (QED) is 0.342. The normalized spacial score (nSPS) is 12.2. The van der Waals surface area contributed by atoms with Crippen LogP contribution in [0.5, 0.6) is 0 Å². The summed E-state index contributed by atoms with van der Waals surface area (Å²) in [5.74, 6) is -2.41. The molecule has 3 N–H and O–H groups in total. The van der Waals surface area contributed by atoms with Crippen molar-refractivity contribution in [2.75, 3.05) is 24.7 Å². The van der Waals surface area contributed by atoms with Crippen molar-refractivity contribution >= 4 is 38.9 Å². The molecule has 172 valence electrons. The van der Waals surface area contributed by atoms with Gasteiger partial charge in [-0.2, -0.15) is 0 Å². The minimum atomic E-state index is -3.61. The molecule has 0 aliphatic heterocycles. The van der Waals surface area contributed by atoms with Crippen molar-refractivity contribution in [3.8, 4) is 11.5 Å². The van der Waals surface area contributed by atoms with Crippen molar-refractivity contribution in [3.63, 3.8) is 0 Å². The summed E-state index contributed by atoms with van der Waals surface area (Å²) >= 11 is 0. The number of sulfonamides is 1. The van der Waals surface area contributed by atoms with E-state index in [0.29, 0.717) is 22.8 Å². The number of anilines is 2. The van der Waals surface area contributed by atoms with Crippen molar-refractivity contribution in [1.29, 1.82) is 5.41 Å². The Labute approximate surface area is 191 Å². The molecule has 0 spiro atoms. The third-order valence-electron chi connectivity index (χ3n) is 4.67. The number of aromatic nitrogens is 1. The molecule has 1 aromatic heterocycles. The van der Waals surface area contributed by atoms with Gasteiger partial charge >= 0.3 is 0 Å². The van der Waals surface area contributed by atoms with Crippen molar-refractivity contribution in [2.45, 2.75) is 11.8 Å². The summed E-state index contributed by atoms with van der Waals surface area (Å²) in [6.07, 6.45) is 2.93. The van der Waals surface area contributed by atoms with E-state index < -0.39 is 27.8 Å². The number of carbonyl (C=O) groups is 2. The van der Waals surface area contributed by atoms with Crippen LogP contribution in [0.4, 0.5) is 11.4 Å². The number of amides is 2. The number of nitrogens with zero attached hydrogens (tertiary/aromatic N) is 2. The van der Waals surface area contributed by atoms with Gasteiger partial charge in [-0.25, -0.2) is 17.7 Å². The molecule has 2 aromatic carbocycles. The Bertz CT molecular complexity index is 1270. The lowest BCUT2D eigenvalue weighted by molar-refractivity contribution is -0.126. The lowest BCUT2D eigenvalue weighted by atomic mass is 10.0. The largest absolute Gasteiger partial charge is 0.445 e. The molecule has 0 saturated carbocycles. The summed E-state index contributed by atoms with van der Waals surface area (Å²) in [4.78, 5) is 29.7. The fraction of sp³-hybridized carbons (Fsp3) is 0.182. The SMILES string of the molecule is CC(=N)C(C(=O)Nc1ccc(S(=O)(=O)N(C)C)cc1)C(=O)Nc1cccc(-c2ncco2)c1. The maximum atomic E-state index is 12.8. The third-order valence-corrected chi connectivity index (χ3v) is 6.50. The fourth-order valence-electron chi connectivity index (χ4n) is 2.96. The van der Waals surface area contributed by atoms with E-state index in [4.69, 9.17) is 9.83 Å². The Morgan fingerprint density at radius 1 is 1.03 bits per heavy atom. The van der Waals surface area contributed by atoms with Crippen LogP contribution in [0, 0.1) is 11.3 Å². The summed E-state index contributed by atoms with van der Waals surface area (Å²) in [6.45, 7) is 1.36. The van der Waals surface area contributed by atoms with E-state index in [1.54, 1.807) is 24.3 Å². The number of carbonyl (C=O) groups excluding carboxylic acids is 2. The molecule has 3 aromatic rings. The molecule has 0 aliphatic rings. The van der Waals surface area contributed by atoms with Gasteiger partial charge in [0, 0.05) is 36.7 Å². The second-order valence-corrected chi connectivity index (χ2v) is 9.48. The van der Waals surface area contributed by atoms with E-state index >= 15 is 0 Å². The molecule has 11 heteroatoms. The van der Waals surface area contributed by atoms with Gasteiger partial charge in [0.05, 0.1) is 11.1 Å². The van der Waals surface area contributed by atoms with Gasteiger partial charge in [-0.05, 0) is 49.4 Å². The van der Waals surface area contributed by atoms with E-state index in [2.05, 4.69) is 15.6 Å². The molecule has 33 heavy (non-hydrogen) atoms. The first kappa shape index (κ1) is 23.8. The van der Waals surface area contributed by atoms with Crippen LogP contribution in [-0.2, 0) is 19.6 Å². The van der Waals surface area contributed by atoms with E-state index in [1.807, 2.05) is 0 Å². The van der Waals surface area contributed by atoms with Crippen LogP contribution in [0.25, 0.3) is 11.5 Å². The Hall–Kier alpha value is -3.83. The first-order chi connectivity index (χ1) is 15.6. The molecule has 2 amide bonds. The monoisotopic (exact) mass is 469 g/mol. The van der Waals surface area contributed by atoms with Gasteiger partial charge in [-0.3, -0.25) is 9.59 Å². The highest BCUT2D eigenvalue weighted by Gasteiger charge is 2.29. The van der Waals surface area contributed by atoms with E-state index in [9.17, 15) is 18.0 Å². The average Bonchev–Trinajstić information content (AvgIpc) is 3.29. The van der Waals surface area contributed by atoms with E-state index in [-0.39, 0.29) is 10.6 Å². The van der Waals surface area contributed by atoms with Gasteiger partial charge < -0.3 is 20.5 Å². The van der Waals surface area contributed by atoms with Crippen LogP contribution in [-0.4, -0.2) is 49.3 Å². The highest BCUT2D eigenvalue weighted by molar-refractivity contribution is 7.89. The molecular formula is C22H23N5O5S. The number of benzene rings is 2. The van der Waals surface area contributed by atoms with Crippen LogP contribution >= 0.6 is 0 Å². The summed E-state index contributed by atoms with van der Waals surface area (Å²) in [5.41, 5.74) is 1.19. The molecule has 3 rings (SSSR count). The maximum Gasteiger partial charge on any atom is 0.242 e. The van der Waals surface area contributed by atoms with Gasteiger partial charge in [0.15, 0.2) is 5.92 Å². The molecule has 0 aliphatic carbocycles. The summed E-state index contributed by atoms with van der Waals surface area (Å²) in [7, 11) is -0.771. The first-order valence-corrected chi connectivity index (χ1v) is 11.2. The van der Waals surface area contributed by atoms with E-state index in [0.717, 1.165) is 4.31 Å². The van der Waals surface area contributed by atoms with Crippen LogP contribution in [0.15, 0.2) is 70.3 Å². The zero-order chi connectivity index (χ0) is 24.2. The van der Waals surface area contributed by atoms with Crippen molar-refractivity contribution in [1.82, 2.24) is 9.29 Å². The summed E-state index contributed by atoms with van der Waals surface area (Å²) < 4.78 is 30.7. The zero-order valence-corrected chi connectivity index (χ0v) is 19.0. The van der Waals surface area contributed by atoms with Crippen molar-refractivity contribution < 1.29 is 22.4 Å².